The van der Waals surface area contributed by atoms with Gasteiger partial charge in [-0.3, -0.25) is 0 Å². The number of hydrogen-bond acceptors (Lipinski definition) is 3. The first-order valence-corrected chi connectivity index (χ1v) is 9.36. The average molecular weight is 351 g/mol. The number of nitrogens with zero attached hydrogens (tertiary/aromatic N) is 2. The molecule has 0 spiro atoms. The molecule has 0 unspecified atom stereocenters. The second-order valence-electron chi connectivity index (χ2n) is 5.69. The van der Waals surface area contributed by atoms with Crippen molar-refractivity contribution in [3.8, 4) is 0 Å². The van der Waals surface area contributed by atoms with E-state index >= 15 is 0 Å². The highest BCUT2D eigenvalue weighted by Crippen LogP contribution is 2.23. The van der Waals surface area contributed by atoms with E-state index in [2.05, 4.69) is 4.90 Å². The maximum Gasteiger partial charge on any atom is 0.243 e. The van der Waals surface area contributed by atoms with Crippen molar-refractivity contribution in [3.63, 3.8) is 0 Å². The van der Waals surface area contributed by atoms with Crippen LogP contribution in [0.5, 0.6) is 0 Å². The molecule has 0 bridgehead atoms. The van der Waals surface area contributed by atoms with Gasteiger partial charge in [0.05, 0.1) is 4.90 Å². The molecule has 23 heavy (non-hydrogen) atoms. The number of aryl methyl sites for hydroxylation is 1. The van der Waals surface area contributed by atoms with Gasteiger partial charge in [-0.15, -0.1) is 0 Å². The lowest BCUT2D eigenvalue weighted by Crippen LogP contribution is -2.48. The molecule has 0 saturated carbocycles. The third-order valence-electron chi connectivity index (χ3n) is 4.04. The Kier molecular flexibility index (Phi) is 4.62. The highest BCUT2D eigenvalue weighted by atomic mass is 35.5. The number of benzene rings is 2. The van der Waals surface area contributed by atoms with Crippen LogP contribution >= 0.6 is 11.6 Å². The third-order valence-corrected chi connectivity index (χ3v) is 6.17. The molecule has 2 aromatic rings. The molecule has 0 radical (unpaired) electrons. The van der Waals surface area contributed by atoms with Gasteiger partial charge in [-0.2, -0.15) is 4.31 Å². The van der Waals surface area contributed by atoms with Crippen molar-refractivity contribution in [2.45, 2.75) is 11.8 Å². The Bertz CT molecular complexity index is 800. The molecule has 0 amide bonds. The molecule has 122 valence electrons. The van der Waals surface area contributed by atoms with Crippen molar-refractivity contribution in [3.05, 3.63) is 59.1 Å². The molecule has 0 N–H and O–H groups in total. The Balaban J connectivity index is 1.73. The molecule has 1 saturated heterocycles. The van der Waals surface area contributed by atoms with Crippen LogP contribution in [0.15, 0.2) is 53.4 Å². The van der Waals surface area contributed by atoms with Gasteiger partial charge < -0.3 is 4.90 Å². The second-order valence-corrected chi connectivity index (χ2v) is 8.06. The normalized spacial score (nSPS) is 16.5. The Hall–Kier alpha value is -1.56. The van der Waals surface area contributed by atoms with Gasteiger partial charge in [0.1, 0.15) is 0 Å². The lowest BCUT2D eigenvalue weighted by atomic mass is 10.2. The number of anilines is 1. The topological polar surface area (TPSA) is 40.6 Å². The van der Waals surface area contributed by atoms with Crippen molar-refractivity contribution in [2.75, 3.05) is 31.1 Å². The maximum atomic E-state index is 12.7. The van der Waals surface area contributed by atoms with Crippen molar-refractivity contribution in [1.82, 2.24) is 4.31 Å². The van der Waals surface area contributed by atoms with E-state index < -0.39 is 10.0 Å². The van der Waals surface area contributed by atoms with E-state index in [1.807, 2.05) is 37.3 Å². The summed E-state index contributed by atoms with van der Waals surface area (Å²) >= 11 is 6.03. The fourth-order valence-electron chi connectivity index (χ4n) is 2.78. The molecule has 1 aliphatic heterocycles. The molecular weight excluding hydrogens is 332 g/mol. The lowest BCUT2D eigenvalue weighted by molar-refractivity contribution is 0.385. The molecule has 0 aromatic heterocycles. The van der Waals surface area contributed by atoms with Crippen LogP contribution in [0.2, 0.25) is 5.02 Å². The fraction of sp³-hybridized carbons (Fsp3) is 0.294. The van der Waals surface area contributed by atoms with Crippen LogP contribution in [-0.4, -0.2) is 38.9 Å². The van der Waals surface area contributed by atoms with Crippen LogP contribution < -0.4 is 4.90 Å². The number of halogens is 1. The summed E-state index contributed by atoms with van der Waals surface area (Å²) in [5.41, 5.74) is 1.98. The number of sulfonamides is 1. The van der Waals surface area contributed by atoms with Gasteiger partial charge in [-0.25, -0.2) is 8.42 Å². The smallest absolute Gasteiger partial charge is 0.243 e. The van der Waals surface area contributed by atoms with Crippen LogP contribution in [0.25, 0.3) is 0 Å². The summed E-state index contributed by atoms with van der Waals surface area (Å²) in [6.45, 7) is 4.17. The van der Waals surface area contributed by atoms with E-state index in [9.17, 15) is 8.42 Å². The molecular formula is C17H19ClN2O2S. The summed E-state index contributed by atoms with van der Waals surface area (Å²) in [6.07, 6.45) is 0. The summed E-state index contributed by atoms with van der Waals surface area (Å²) < 4.78 is 27.0. The van der Waals surface area contributed by atoms with E-state index in [0.717, 1.165) is 11.3 Å². The SMILES string of the molecule is Cc1cccc(S(=O)(=O)N2CCN(c3cccc(Cl)c3)CC2)c1. The fourth-order valence-corrected chi connectivity index (χ4v) is 4.50. The van der Waals surface area contributed by atoms with Gasteiger partial charge in [-0.05, 0) is 42.8 Å². The van der Waals surface area contributed by atoms with Gasteiger partial charge in [-0.1, -0.05) is 29.8 Å². The zero-order valence-corrected chi connectivity index (χ0v) is 14.5. The molecule has 1 heterocycles. The minimum Gasteiger partial charge on any atom is -0.369 e. The quantitative estimate of drug-likeness (QED) is 0.853. The van der Waals surface area contributed by atoms with Gasteiger partial charge in [0, 0.05) is 36.9 Å². The first kappa shape index (κ1) is 16.3. The van der Waals surface area contributed by atoms with E-state index in [1.54, 1.807) is 22.5 Å². The molecule has 0 atom stereocenters. The number of piperazine rings is 1. The van der Waals surface area contributed by atoms with E-state index in [0.29, 0.717) is 36.1 Å². The molecule has 0 aliphatic carbocycles. The number of rotatable bonds is 3. The molecule has 3 rings (SSSR count). The zero-order valence-electron chi connectivity index (χ0n) is 12.9. The second kappa shape index (κ2) is 6.51. The van der Waals surface area contributed by atoms with E-state index in [4.69, 9.17) is 11.6 Å². The van der Waals surface area contributed by atoms with Crippen molar-refractivity contribution in [1.29, 1.82) is 0 Å². The highest BCUT2D eigenvalue weighted by Gasteiger charge is 2.28. The summed E-state index contributed by atoms with van der Waals surface area (Å²) in [7, 11) is -3.42. The largest absolute Gasteiger partial charge is 0.369 e. The highest BCUT2D eigenvalue weighted by molar-refractivity contribution is 7.89. The summed E-state index contributed by atoms with van der Waals surface area (Å²) in [4.78, 5) is 2.53. The molecule has 1 aliphatic rings. The number of hydrogen-bond donors (Lipinski definition) is 0. The molecule has 6 heteroatoms. The maximum absolute atomic E-state index is 12.7. The Morgan fingerprint density at radius 1 is 0.957 bits per heavy atom. The molecule has 2 aromatic carbocycles. The van der Waals surface area contributed by atoms with Crippen LogP contribution in [0.4, 0.5) is 5.69 Å². The molecule has 4 nitrogen and oxygen atoms in total. The van der Waals surface area contributed by atoms with Gasteiger partial charge >= 0.3 is 0 Å². The predicted octanol–water partition coefficient (Wildman–Crippen LogP) is 3.16. The summed E-state index contributed by atoms with van der Waals surface area (Å²) in [5.74, 6) is 0. The monoisotopic (exact) mass is 350 g/mol. The van der Waals surface area contributed by atoms with Gasteiger partial charge in [0.2, 0.25) is 10.0 Å². The van der Waals surface area contributed by atoms with Crippen molar-refractivity contribution in [2.24, 2.45) is 0 Å². The predicted molar refractivity (Wildman–Crippen MR) is 93.6 cm³/mol. The van der Waals surface area contributed by atoms with Crippen LogP contribution in [0.1, 0.15) is 5.56 Å². The van der Waals surface area contributed by atoms with E-state index in [-0.39, 0.29) is 0 Å². The summed E-state index contributed by atoms with van der Waals surface area (Å²) in [6, 6.07) is 14.7. The standard InChI is InChI=1S/C17H19ClN2O2S/c1-14-4-2-7-17(12-14)23(21,22)20-10-8-19(9-11-20)16-6-3-5-15(18)13-16/h2-7,12-13H,8-11H2,1H3. The Morgan fingerprint density at radius 3 is 2.30 bits per heavy atom. The van der Waals surface area contributed by atoms with Crippen LogP contribution in [0, 0.1) is 6.92 Å². The van der Waals surface area contributed by atoms with Gasteiger partial charge in [0.15, 0.2) is 0 Å². The zero-order chi connectivity index (χ0) is 16.4. The Morgan fingerprint density at radius 2 is 1.65 bits per heavy atom. The van der Waals surface area contributed by atoms with Crippen LogP contribution in [0.3, 0.4) is 0 Å². The third kappa shape index (κ3) is 3.52. The Labute approximate surface area is 142 Å². The average Bonchev–Trinajstić information content (AvgIpc) is 2.55. The minimum absolute atomic E-state index is 0.369. The van der Waals surface area contributed by atoms with E-state index in [1.165, 1.54) is 0 Å². The van der Waals surface area contributed by atoms with Crippen molar-refractivity contribution >= 4 is 27.3 Å². The minimum atomic E-state index is -3.42. The van der Waals surface area contributed by atoms with Crippen LogP contribution in [-0.2, 0) is 10.0 Å². The van der Waals surface area contributed by atoms with Crippen molar-refractivity contribution < 1.29 is 8.42 Å². The lowest BCUT2D eigenvalue weighted by Gasteiger charge is -2.35. The first-order chi connectivity index (χ1) is 11.0. The summed E-state index contributed by atoms with van der Waals surface area (Å²) in [5, 5.41) is 0.692. The van der Waals surface area contributed by atoms with Gasteiger partial charge in [0.25, 0.3) is 0 Å². The molecule has 1 fully saturated rings. The first-order valence-electron chi connectivity index (χ1n) is 7.54.